The van der Waals surface area contributed by atoms with Crippen LogP contribution in [0.25, 0.3) is 0 Å². The van der Waals surface area contributed by atoms with E-state index in [2.05, 4.69) is 0 Å². The first-order chi connectivity index (χ1) is 10.1. The van der Waals surface area contributed by atoms with E-state index in [4.69, 9.17) is 9.47 Å². The van der Waals surface area contributed by atoms with Crippen LogP contribution < -0.4 is 0 Å². The van der Waals surface area contributed by atoms with E-state index >= 15 is 0 Å². The topological polar surface area (TPSA) is 78.7 Å². The molecule has 1 aliphatic rings. The molecule has 1 saturated heterocycles. The van der Waals surface area contributed by atoms with E-state index in [0.717, 1.165) is 19.4 Å². The Labute approximate surface area is 127 Å². The second-order valence-corrected chi connectivity index (χ2v) is 5.67. The van der Waals surface area contributed by atoms with Crippen molar-refractivity contribution in [1.29, 1.82) is 0 Å². The first-order valence-corrected chi connectivity index (χ1v) is 7.80. The molecule has 0 amide bonds. The van der Waals surface area contributed by atoms with Gasteiger partial charge in [-0.25, -0.2) is 4.79 Å². The van der Waals surface area contributed by atoms with Gasteiger partial charge in [-0.2, -0.15) is 0 Å². The lowest BCUT2D eigenvalue weighted by atomic mass is 10.2. The molecule has 0 aliphatic carbocycles. The van der Waals surface area contributed by atoms with Gasteiger partial charge < -0.3 is 9.47 Å². The van der Waals surface area contributed by atoms with Crippen molar-refractivity contribution in [2.24, 2.45) is 0 Å². The molecule has 0 aromatic heterocycles. The molecule has 1 unspecified atom stereocenters. The normalized spacial score (nSPS) is 17.7. The summed E-state index contributed by atoms with van der Waals surface area (Å²) < 4.78 is 10.4. The molecule has 0 radical (unpaired) electrons. The number of benzene rings is 1. The lowest BCUT2D eigenvalue weighted by molar-refractivity contribution is -0.387. The van der Waals surface area contributed by atoms with Crippen LogP contribution in [0.4, 0.5) is 5.69 Å². The van der Waals surface area contributed by atoms with Crippen LogP contribution >= 0.6 is 11.8 Å². The van der Waals surface area contributed by atoms with Crippen LogP contribution in [0.3, 0.4) is 0 Å². The predicted molar refractivity (Wildman–Crippen MR) is 78.8 cm³/mol. The highest BCUT2D eigenvalue weighted by molar-refractivity contribution is 7.99. The highest BCUT2D eigenvalue weighted by atomic mass is 32.2. The van der Waals surface area contributed by atoms with E-state index in [9.17, 15) is 14.9 Å². The number of esters is 1. The average molecular weight is 311 g/mol. The minimum Gasteiger partial charge on any atom is -0.462 e. The summed E-state index contributed by atoms with van der Waals surface area (Å²) in [4.78, 5) is 22.9. The lowest BCUT2D eigenvalue weighted by Gasteiger charge is -2.09. The molecular weight excluding hydrogens is 294 g/mol. The van der Waals surface area contributed by atoms with Crippen LogP contribution in [0.5, 0.6) is 0 Å². The second-order valence-electron chi connectivity index (χ2n) is 4.61. The first-order valence-electron chi connectivity index (χ1n) is 6.81. The molecule has 0 spiro atoms. The Balaban J connectivity index is 2.12. The number of thioether (sulfide) groups is 1. The van der Waals surface area contributed by atoms with Crippen molar-refractivity contribution in [3.8, 4) is 0 Å². The van der Waals surface area contributed by atoms with Crippen molar-refractivity contribution in [3.05, 3.63) is 33.9 Å². The average Bonchev–Trinajstić information content (AvgIpc) is 2.98. The molecular formula is C14H17NO5S. The summed E-state index contributed by atoms with van der Waals surface area (Å²) >= 11 is 1.39. The maximum absolute atomic E-state index is 11.6. The Bertz CT molecular complexity index is 528. The minimum atomic E-state index is -0.545. The monoisotopic (exact) mass is 311 g/mol. The van der Waals surface area contributed by atoms with Gasteiger partial charge in [0.15, 0.2) is 0 Å². The molecule has 2 rings (SSSR count). The van der Waals surface area contributed by atoms with Crippen LogP contribution in [0, 0.1) is 10.1 Å². The fraction of sp³-hybridized carbons (Fsp3) is 0.500. The summed E-state index contributed by atoms with van der Waals surface area (Å²) in [5.74, 6) is 0.135. The van der Waals surface area contributed by atoms with Gasteiger partial charge in [0.25, 0.3) is 5.69 Å². The van der Waals surface area contributed by atoms with Crippen molar-refractivity contribution in [1.82, 2.24) is 0 Å². The Kier molecular flexibility index (Phi) is 5.58. The molecule has 114 valence electrons. The number of rotatable bonds is 6. The largest absolute Gasteiger partial charge is 0.462 e. The summed E-state index contributed by atoms with van der Waals surface area (Å²) in [6.45, 7) is 2.69. The van der Waals surface area contributed by atoms with Gasteiger partial charge >= 0.3 is 5.97 Å². The zero-order chi connectivity index (χ0) is 15.2. The van der Waals surface area contributed by atoms with E-state index in [0.29, 0.717) is 10.6 Å². The van der Waals surface area contributed by atoms with E-state index in [1.54, 1.807) is 19.1 Å². The Morgan fingerprint density at radius 2 is 2.38 bits per heavy atom. The van der Waals surface area contributed by atoms with Gasteiger partial charge in [0.1, 0.15) is 0 Å². The molecule has 1 fully saturated rings. The fourth-order valence-corrected chi connectivity index (χ4v) is 3.16. The van der Waals surface area contributed by atoms with Crippen LogP contribution in [0.2, 0.25) is 0 Å². The molecule has 6 nitrogen and oxygen atoms in total. The van der Waals surface area contributed by atoms with Gasteiger partial charge in [0, 0.05) is 18.4 Å². The molecule has 1 atom stereocenters. The SMILES string of the molecule is CCOC(=O)c1ccc(SCC2CCCO2)c([N+](=O)[O-])c1. The zero-order valence-corrected chi connectivity index (χ0v) is 12.6. The van der Waals surface area contributed by atoms with Crippen LogP contribution in [-0.4, -0.2) is 36.0 Å². The Morgan fingerprint density at radius 3 is 3.00 bits per heavy atom. The predicted octanol–water partition coefficient (Wildman–Crippen LogP) is 3.04. The molecule has 21 heavy (non-hydrogen) atoms. The smallest absolute Gasteiger partial charge is 0.338 e. The van der Waals surface area contributed by atoms with Gasteiger partial charge in [0.2, 0.25) is 0 Å². The number of hydrogen-bond donors (Lipinski definition) is 0. The molecule has 7 heteroatoms. The molecule has 0 saturated carbocycles. The quantitative estimate of drug-likeness (QED) is 0.348. The number of ether oxygens (including phenoxy) is 2. The summed E-state index contributed by atoms with van der Waals surface area (Å²) in [6, 6.07) is 4.43. The lowest BCUT2D eigenvalue weighted by Crippen LogP contribution is -2.08. The van der Waals surface area contributed by atoms with E-state index in [1.165, 1.54) is 17.8 Å². The summed E-state index contributed by atoms with van der Waals surface area (Å²) in [5.41, 5.74) is 0.133. The molecule has 0 bridgehead atoms. The van der Waals surface area contributed by atoms with Crippen molar-refractivity contribution < 1.29 is 19.2 Å². The van der Waals surface area contributed by atoms with Gasteiger partial charge in [-0.15, -0.1) is 11.8 Å². The minimum absolute atomic E-state index is 0.0662. The van der Waals surface area contributed by atoms with Gasteiger partial charge in [-0.1, -0.05) is 0 Å². The van der Waals surface area contributed by atoms with Crippen molar-refractivity contribution >= 4 is 23.4 Å². The Hall–Kier alpha value is -1.60. The fourth-order valence-electron chi connectivity index (χ4n) is 2.08. The second kappa shape index (κ2) is 7.42. The van der Waals surface area contributed by atoms with E-state index in [-0.39, 0.29) is 24.0 Å². The molecule has 1 aliphatic heterocycles. The molecule has 1 heterocycles. The molecule has 1 aromatic carbocycles. The van der Waals surface area contributed by atoms with Gasteiger partial charge in [-0.3, -0.25) is 10.1 Å². The summed E-state index contributed by atoms with van der Waals surface area (Å²) in [7, 11) is 0. The molecule has 1 aromatic rings. The maximum atomic E-state index is 11.6. The van der Waals surface area contributed by atoms with Crippen molar-refractivity contribution in [2.75, 3.05) is 19.0 Å². The Morgan fingerprint density at radius 1 is 1.57 bits per heavy atom. The number of hydrogen-bond acceptors (Lipinski definition) is 6. The van der Waals surface area contributed by atoms with Crippen LogP contribution in [-0.2, 0) is 9.47 Å². The van der Waals surface area contributed by atoms with Crippen molar-refractivity contribution in [2.45, 2.75) is 30.8 Å². The van der Waals surface area contributed by atoms with E-state index < -0.39 is 10.9 Å². The third-order valence-electron chi connectivity index (χ3n) is 3.12. The van der Waals surface area contributed by atoms with Gasteiger partial charge in [0.05, 0.1) is 28.1 Å². The van der Waals surface area contributed by atoms with Crippen LogP contribution in [0.1, 0.15) is 30.1 Å². The maximum Gasteiger partial charge on any atom is 0.338 e. The standard InChI is InChI=1S/C14H17NO5S/c1-2-19-14(16)10-5-6-13(12(8-10)15(17)18)21-9-11-4-3-7-20-11/h5-6,8,11H,2-4,7,9H2,1H3. The highest BCUT2D eigenvalue weighted by Gasteiger charge is 2.21. The van der Waals surface area contributed by atoms with Gasteiger partial charge in [-0.05, 0) is 31.9 Å². The number of nitro benzene ring substituents is 1. The number of nitrogens with zero attached hydrogens (tertiary/aromatic N) is 1. The van der Waals surface area contributed by atoms with E-state index in [1.807, 2.05) is 0 Å². The van der Waals surface area contributed by atoms with Crippen LogP contribution in [0.15, 0.2) is 23.1 Å². The first kappa shape index (κ1) is 15.8. The molecule has 0 N–H and O–H groups in total. The van der Waals surface area contributed by atoms with Crippen molar-refractivity contribution in [3.63, 3.8) is 0 Å². The summed E-state index contributed by atoms with van der Waals surface area (Å²) in [5, 5.41) is 11.2. The third kappa shape index (κ3) is 4.18. The zero-order valence-electron chi connectivity index (χ0n) is 11.7. The third-order valence-corrected chi connectivity index (χ3v) is 4.31. The summed E-state index contributed by atoms with van der Waals surface area (Å²) in [6.07, 6.45) is 2.18. The number of carbonyl (C=O) groups is 1. The highest BCUT2D eigenvalue weighted by Crippen LogP contribution is 2.32. The number of nitro groups is 1. The number of carbonyl (C=O) groups excluding carboxylic acids is 1.